The van der Waals surface area contributed by atoms with Gasteiger partial charge in [0, 0.05) is 19.3 Å². The van der Waals surface area contributed by atoms with Gasteiger partial charge in [0.15, 0.2) is 0 Å². The average molecular weight is 280 g/mol. The Hall–Kier alpha value is -0.870. The third-order valence-corrected chi connectivity index (χ3v) is 3.81. The molecule has 1 aromatic heterocycles. The number of unbranched alkanes of at least 4 members (excludes halogenated alkanes) is 2. The molecule has 0 spiro atoms. The van der Waals surface area contributed by atoms with Crippen molar-refractivity contribution in [1.29, 1.82) is 0 Å². The summed E-state index contributed by atoms with van der Waals surface area (Å²) in [6.07, 6.45) is 10.0. The highest BCUT2D eigenvalue weighted by molar-refractivity contribution is 5.06. The standard InChI is InChI=1S/C16H32N4/c1-4-7-10-19(11-8-5-2)15(12-17)16-13-18-14-20(16)9-6-3/h13-15H,4-12,17H2,1-3H3. The van der Waals surface area contributed by atoms with E-state index < -0.39 is 0 Å². The van der Waals surface area contributed by atoms with Gasteiger partial charge >= 0.3 is 0 Å². The maximum absolute atomic E-state index is 6.09. The monoisotopic (exact) mass is 280 g/mol. The molecule has 0 saturated carbocycles. The maximum Gasteiger partial charge on any atom is 0.0948 e. The lowest BCUT2D eigenvalue weighted by Gasteiger charge is -2.31. The van der Waals surface area contributed by atoms with Crippen LogP contribution in [0.4, 0.5) is 0 Å². The number of hydrogen-bond acceptors (Lipinski definition) is 3. The zero-order valence-corrected chi connectivity index (χ0v) is 13.5. The SMILES string of the molecule is CCCCN(CCCC)C(CN)c1cncn1CCC. The normalized spacial score (nSPS) is 13.1. The van der Waals surface area contributed by atoms with E-state index >= 15 is 0 Å². The van der Waals surface area contributed by atoms with Crippen LogP contribution in [0.1, 0.15) is 64.6 Å². The summed E-state index contributed by atoms with van der Waals surface area (Å²) in [5, 5.41) is 0. The van der Waals surface area contributed by atoms with E-state index in [1.807, 2.05) is 12.5 Å². The van der Waals surface area contributed by atoms with Crippen molar-refractivity contribution in [3.63, 3.8) is 0 Å². The number of nitrogens with two attached hydrogens (primary N) is 1. The molecule has 1 rings (SSSR count). The molecule has 0 amide bonds. The lowest BCUT2D eigenvalue weighted by molar-refractivity contribution is 0.188. The van der Waals surface area contributed by atoms with Gasteiger partial charge in [0.25, 0.3) is 0 Å². The lowest BCUT2D eigenvalue weighted by atomic mass is 10.1. The van der Waals surface area contributed by atoms with Gasteiger partial charge in [-0.15, -0.1) is 0 Å². The molecular formula is C16H32N4. The Kier molecular flexibility index (Phi) is 8.54. The van der Waals surface area contributed by atoms with Crippen LogP contribution < -0.4 is 5.73 Å². The van der Waals surface area contributed by atoms with Gasteiger partial charge in [0.2, 0.25) is 0 Å². The molecule has 0 fully saturated rings. The molecule has 0 saturated heterocycles. The zero-order valence-electron chi connectivity index (χ0n) is 13.5. The Balaban J connectivity index is 2.83. The summed E-state index contributed by atoms with van der Waals surface area (Å²) in [7, 11) is 0. The minimum absolute atomic E-state index is 0.308. The fraction of sp³-hybridized carbons (Fsp3) is 0.812. The van der Waals surface area contributed by atoms with Gasteiger partial charge in [-0.3, -0.25) is 4.90 Å². The van der Waals surface area contributed by atoms with Crippen molar-refractivity contribution >= 4 is 0 Å². The number of rotatable bonds is 11. The molecule has 0 aliphatic rings. The summed E-state index contributed by atoms with van der Waals surface area (Å²) in [4.78, 5) is 6.89. The van der Waals surface area contributed by atoms with E-state index in [9.17, 15) is 0 Å². The lowest BCUT2D eigenvalue weighted by Crippen LogP contribution is -2.36. The van der Waals surface area contributed by atoms with E-state index in [-0.39, 0.29) is 0 Å². The van der Waals surface area contributed by atoms with E-state index in [0.29, 0.717) is 12.6 Å². The predicted octanol–water partition coefficient (Wildman–Crippen LogP) is 3.20. The van der Waals surface area contributed by atoms with Gasteiger partial charge in [0.05, 0.1) is 18.1 Å². The van der Waals surface area contributed by atoms with Gasteiger partial charge in [-0.1, -0.05) is 33.6 Å². The van der Waals surface area contributed by atoms with Crippen LogP contribution in [-0.4, -0.2) is 34.1 Å². The van der Waals surface area contributed by atoms with Crippen molar-refractivity contribution in [1.82, 2.24) is 14.5 Å². The quantitative estimate of drug-likeness (QED) is 0.677. The van der Waals surface area contributed by atoms with Crippen LogP contribution in [0.2, 0.25) is 0 Å². The van der Waals surface area contributed by atoms with E-state index in [2.05, 4.69) is 35.2 Å². The number of aromatic nitrogens is 2. The van der Waals surface area contributed by atoms with Crippen molar-refractivity contribution < 1.29 is 0 Å². The number of hydrogen-bond donors (Lipinski definition) is 1. The second kappa shape index (κ2) is 9.94. The van der Waals surface area contributed by atoms with Crippen molar-refractivity contribution in [3.8, 4) is 0 Å². The first kappa shape index (κ1) is 17.2. The molecular weight excluding hydrogens is 248 g/mol. The van der Waals surface area contributed by atoms with Crippen molar-refractivity contribution in [2.75, 3.05) is 19.6 Å². The van der Waals surface area contributed by atoms with Crippen LogP contribution in [0, 0.1) is 0 Å². The fourth-order valence-electron chi connectivity index (χ4n) is 2.64. The van der Waals surface area contributed by atoms with Crippen LogP contribution in [0.15, 0.2) is 12.5 Å². The van der Waals surface area contributed by atoms with Crippen LogP contribution in [0.5, 0.6) is 0 Å². The molecule has 0 aromatic carbocycles. The Morgan fingerprint density at radius 1 is 1.15 bits per heavy atom. The first-order chi connectivity index (χ1) is 9.78. The highest BCUT2D eigenvalue weighted by Gasteiger charge is 2.21. The minimum Gasteiger partial charge on any atom is -0.333 e. The van der Waals surface area contributed by atoms with Crippen LogP contribution in [0.25, 0.3) is 0 Å². The highest BCUT2D eigenvalue weighted by Crippen LogP contribution is 2.21. The van der Waals surface area contributed by atoms with Crippen LogP contribution >= 0.6 is 0 Å². The molecule has 1 heterocycles. The molecule has 1 unspecified atom stereocenters. The summed E-state index contributed by atoms with van der Waals surface area (Å²) in [6.45, 7) is 10.7. The molecule has 1 aromatic rings. The molecule has 2 N–H and O–H groups in total. The van der Waals surface area contributed by atoms with Gasteiger partial charge in [-0.2, -0.15) is 0 Å². The summed E-state index contributed by atoms with van der Waals surface area (Å²) in [5.41, 5.74) is 7.37. The summed E-state index contributed by atoms with van der Waals surface area (Å²) in [5.74, 6) is 0. The molecule has 0 aliphatic heterocycles. The Morgan fingerprint density at radius 3 is 2.30 bits per heavy atom. The molecule has 4 heteroatoms. The summed E-state index contributed by atoms with van der Waals surface area (Å²) >= 11 is 0. The average Bonchev–Trinajstić information content (AvgIpc) is 2.90. The van der Waals surface area contributed by atoms with Crippen LogP contribution in [0.3, 0.4) is 0 Å². The van der Waals surface area contributed by atoms with Gasteiger partial charge in [-0.05, 0) is 32.4 Å². The molecule has 1 atom stereocenters. The van der Waals surface area contributed by atoms with E-state index in [1.54, 1.807) is 0 Å². The van der Waals surface area contributed by atoms with Gasteiger partial charge in [-0.25, -0.2) is 4.98 Å². The molecule has 20 heavy (non-hydrogen) atoms. The maximum atomic E-state index is 6.09. The fourth-order valence-corrected chi connectivity index (χ4v) is 2.64. The largest absolute Gasteiger partial charge is 0.333 e. The molecule has 0 bridgehead atoms. The van der Waals surface area contributed by atoms with Crippen molar-refractivity contribution in [3.05, 3.63) is 18.2 Å². The first-order valence-electron chi connectivity index (χ1n) is 8.22. The topological polar surface area (TPSA) is 47.1 Å². The second-order valence-corrected chi connectivity index (χ2v) is 5.51. The van der Waals surface area contributed by atoms with Gasteiger partial charge in [0.1, 0.15) is 0 Å². The van der Waals surface area contributed by atoms with Crippen LogP contribution in [-0.2, 0) is 6.54 Å². The minimum atomic E-state index is 0.308. The highest BCUT2D eigenvalue weighted by atomic mass is 15.2. The number of aryl methyl sites for hydroxylation is 1. The number of nitrogens with zero attached hydrogens (tertiary/aromatic N) is 3. The third-order valence-electron chi connectivity index (χ3n) is 3.81. The molecule has 0 radical (unpaired) electrons. The smallest absolute Gasteiger partial charge is 0.0948 e. The zero-order chi connectivity index (χ0) is 14.8. The first-order valence-corrected chi connectivity index (χ1v) is 8.22. The molecule has 116 valence electrons. The van der Waals surface area contributed by atoms with E-state index in [4.69, 9.17) is 5.73 Å². The van der Waals surface area contributed by atoms with Crippen molar-refractivity contribution in [2.45, 2.75) is 65.5 Å². The Morgan fingerprint density at radius 2 is 1.80 bits per heavy atom. The Bertz CT molecular complexity index is 340. The Labute approximate surface area is 124 Å². The molecule has 0 aliphatic carbocycles. The summed E-state index contributed by atoms with van der Waals surface area (Å²) in [6, 6.07) is 0.308. The van der Waals surface area contributed by atoms with Gasteiger partial charge < -0.3 is 10.3 Å². The van der Waals surface area contributed by atoms with Crippen molar-refractivity contribution in [2.24, 2.45) is 5.73 Å². The molecule has 4 nitrogen and oxygen atoms in total. The third kappa shape index (κ3) is 4.91. The summed E-state index contributed by atoms with van der Waals surface area (Å²) < 4.78 is 2.27. The predicted molar refractivity (Wildman–Crippen MR) is 85.7 cm³/mol. The van der Waals surface area contributed by atoms with E-state index in [1.165, 1.54) is 31.4 Å². The van der Waals surface area contributed by atoms with E-state index in [0.717, 1.165) is 26.1 Å². The second-order valence-electron chi connectivity index (χ2n) is 5.51. The number of imidazole rings is 1.